The van der Waals surface area contributed by atoms with Crippen LogP contribution in [0.3, 0.4) is 0 Å². The van der Waals surface area contributed by atoms with Crippen molar-refractivity contribution in [2.45, 2.75) is 13.3 Å². The van der Waals surface area contributed by atoms with Crippen LogP contribution in [-0.4, -0.2) is 50.3 Å². The van der Waals surface area contributed by atoms with E-state index < -0.39 is 0 Å². The van der Waals surface area contributed by atoms with E-state index in [4.69, 9.17) is 9.47 Å². The molecule has 0 aromatic heterocycles. The molecule has 1 heterocycles. The van der Waals surface area contributed by atoms with Gasteiger partial charge in [-0.2, -0.15) is 0 Å². The summed E-state index contributed by atoms with van der Waals surface area (Å²) >= 11 is 0. The Hall–Kier alpha value is -0.610. The van der Waals surface area contributed by atoms with E-state index in [1.165, 1.54) is 0 Å². The van der Waals surface area contributed by atoms with Crippen molar-refractivity contribution >= 4 is 5.97 Å². The third kappa shape index (κ3) is 4.24. The Morgan fingerprint density at radius 2 is 2.15 bits per heavy atom. The fourth-order valence-electron chi connectivity index (χ4n) is 1.20. The first kappa shape index (κ1) is 10.5. The van der Waals surface area contributed by atoms with Crippen LogP contribution in [0.4, 0.5) is 0 Å². The van der Waals surface area contributed by atoms with Gasteiger partial charge in [-0.15, -0.1) is 0 Å². The molecule has 1 rings (SSSR count). The van der Waals surface area contributed by atoms with E-state index in [0.717, 1.165) is 32.7 Å². The van der Waals surface area contributed by atoms with Crippen LogP contribution >= 0.6 is 0 Å². The molecular formula is C9H17NO3. The molecule has 0 spiro atoms. The fourth-order valence-corrected chi connectivity index (χ4v) is 1.20. The van der Waals surface area contributed by atoms with E-state index >= 15 is 0 Å². The lowest BCUT2D eigenvalue weighted by molar-refractivity contribution is -0.145. The van der Waals surface area contributed by atoms with Gasteiger partial charge in [0.2, 0.25) is 0 Å². The van der Waals surface area contributed by atoms with Crippen LogP contribution in [0.5, 0.6) is 0 Å². The average molecular weight is 187 g/mol. The Kier molecular flexibility index (Phi) is 4.78. The number of carbonyl (C=O) groups excluding carboxylic acids is 1. The average Bonchev–Trinajstić information content (AvgIpc) is 2.16. The number of morpholine rings is 1. The lowest BCUT2D eigenvalue weighted by Crippen LogP contribution is -2.40. The molecule has 0 aromatic carbocycles. The molecule has 0 radical (unpaired) electrons. The minimum atomic E-state index is -0.122. The first-order valence-electron chi connectivity index (χ1n) is 4.78. The van der Waals surface area contributed by atoms with Gasteiger partial charge in [0.15, 0.2) is 0 Å². The minimum Gasteiger partial charge on any atom is -0.465 e. The van der Waals surface area contributed by atoms with Crippen molar-refractivity contribution in [1.82, 2.24) is 4.90 Å². The second-order valence-corrected chi connectivity index (χ2v) is 3.11. The van der Waals surface area contributed by atoms with Crippen LogP contribution in [0.15, 0.2) is 0 Å². The van der Waals surface area contributed by atoms with Crippen LogP contribution in [0.2, 0.25) is 0 Å². The van der Waals surface area contributed by atoms with Crippen molar-refractivity contribution in [3.8, 4) is 0 Å². The second kappa shape index (κ2) is 5.94. The van der Waals surface area contributed by atoms with Crippen LogP contribution in [-0.2, 0) is 14.3 Å². The molecule has 1 saturated heterocycles. The molecule has 0 aliphatic carbocycles. The van der Waals surface area contributed by atoms with Crippen molar-refractivity contribution in [3.05, 3.63) is 0 Å². The lowest BCUT2D eigenvalue weighted by atomic mass is 10.4. The molecule has 0 aromatic rings. The summed E-state index contributed by atoms with van der Waals surface area (Å²) in [4.78, 5) is 13.2. The summed E-state index contributed by atoms with van der Waals surface area (Å²) in [6.45, 7) is 6.04. The van der Waals surface area contributed by atoms with E-state index in [2.05, 4.69) is 4.90 Å². The third-order valence-electron chi connectivity index (χ3n) is 1.92. The predicted octanol–water partition coefficient (Wildman–Crippen LogP) is 0.272. The second-order valence-electron chi connectivity index (χ2n) is 3.11. The maximum atomic E-state index is 11.2. The number of hydrogen-bond acceptors (Lipinski definition) is 4. The molecule has 1 fully saturated rings. The van der Waals surface area contributed by atoms with Crippen molar-refractivity contribution in [2.75, 3.05) is 39.5 Å². The molecule has 0 saturated carbocycles. The van der Waals surface area contributed by atoms with Gasteiger partial charge < -0.3 is 9.47 Å². The Morgan fingerprint density at radius 3 is 2.77 bits per heavy atom. The van der Waals surface area contributed by atoms with Gasteiger partial charge in [0, 0.05) is 13.1 Å². The van der Waals surface area contributed by atoms with Crippen molar-refractivity contribution in [2.24, 2.45) is 0 Å². The number of esters is 1. The maximum Gasteiger partial charge on any atom is 0.320 e. The van der Waals surface area contributed by atoms with Crippen LogP contribution in [0.1, 0.15) is 13.3 Å². The zero-order chi connectivity index (χ0) is 9.52. The highest BCUT2D eigenvalue weighted by atomic mass is 16.5. The Bertz CT molecular complexity index is 155. The highest BCUT2D eigenvalue weighted by Gasteiger charge is 2.14. The van der Waals surface area contributed by atoms with Crippen molar-refractivity contribution in [1.29, 1.82) is 0 Å². The van der Waals surface area contributed by atoms with Gasteiger partial charge in [-0.1, -0.05) is 6.92 Å². The Labute approximate surface area is 78.8 Å². The summed E-state index contributed by atoms with van der Waals surface area (Å²) in [5.74, 6) is -0.122. The minimum absolute atomic E-state index is 0.122. The monoisotopic (exact) mass is 187 g/mol. The summed E-state index contributed by atoms with van der Waals surface area (Å²) in [5, 5.41) is 0. The molecule has 0 N–H and O–H groups in total. The van der Waals surface area contributed by atoms with Crippen molar-refractivity contribution in [3.63, 3.8) is 0 Å². The number of ether oxygens (including phenoxy) is 2. The van der Waals surface area contributed by atoms with E-state index in [0.29, 0.717) is 13.2 Å². The Morgan fingerprint density at radius 1 is 1.46 bits per heavy atom. The van der Waals surface area contributed by atoms with Gasteiger partial charge in [-0.25, -0.2) is 0 Å². The predicted molar refractivity (Wildman–Crippen MR) is 48.5 cm³/mol. The number of nitrogens with zero attached hydrogens (tertiary/aromatic N) is 1. The summed E-state index contributed by atoms with van der Waals surface area (Å²) in [5.41, 5.74) is 0. The van der Waals surface area contributed by atoms with E-state index in [1.807, 2.05) is 6.92 Å². The molecule has 1 aliphatic heterocycles. The molecule has 0 bridgehead atoms. The summed E-state index contributed by atoms with van der Waals surface area (Å²) < 4.78 is 10.1. The SMILES string of the molecule is CCCOC(=O)CN1CCOCC1. The largest absolute Gasteiger partial charge is 0.465 e. The van der Waals surface area contributed by atoms with Gasteiger partial charge in [0.1, 0.15) is 0 Å². The third-order valence-corrected chi connectivity index (χ3v) is 1.92. The van der Waals surface area contributed by atoms with Gasteiger partial charge >= 0.3 is 5.97 Å². The van der Waals surface area contributed by atoms with Gasteiger partial charge in [0.05, 0.1) is 26.4 Å². The lowest BCUT2D eigenvalue weighted by Gasteiger charge is -2.25. The molecule has 4 nitrogen and oxygen atoms in total. The van der Waals surface area contributed by atoms with E-state index in [-0.39, 0.29) is 5.97 Å². The first-order valence-corrected chi connectivity index (χ1v) is 4.78. The molecule has 0 atom stereocenters. The number of carbonyl (C=O) groups is 1. The molecule has 4 heteroatoms. The zero-order valence-electron chi connectivity index (χ0n) is 8.12. The normalized spacial score (nSPS) is 18.5. The Balaban J connectivity index is 2.11. The number of rotatable bonds is 4. The maximum absolute atomic E-state index is 11.2. The van der Waals surface area contributed by atoms with Crippen LogP contribution in [0.25, 0.3) is 0 Å². The smallest absolute Gasteiger partial charge is 0.320 e. The van der Waals surface area contributed by atoms with Gasteiger partial charge in [-0.3, -0.25) is 9.69 Å². The highest BCUT2D eigenvalue weighted by molar-refractivity contribution is 5.71. The van der Waals surface area contributed by atoms with Crippen LogP contribution in [0, 0.1) is 0 Å². The molecule has 13 heavy (non-hydrogen) atoms. The molecule has 1 aliphatic rings. The first-order chi connectivity index (χ1) is 6.33. The van der Waals surface area contributed by atoms with Crippen LogP contribution < -0.4 is 0 Å². The highest BCUT2D eigenvalue weighted by Crippen LogP contribution is 1.96. The molecule has 0 amide bonds. The topological polar surface area (TPSA) is 38.8 Å². The van der Waals surface area contributed by atoms with Gasteiger partial charge in [-0.05, 0) is 6.42 Å². The van der Waals surface area contributed by atoms with E-state index in [1.54, 1.807) is 0 Å². The zero-order valence-corrected chi connectivity index (χ0v) is 8.12. The number of hydrogen-bond donors (Lipinski definition) is 0. The standard InChI is InChI=1S/C9H17NO3/c1-2-5-13-9(11)8-10-3-6-12-7-4-10/h2-8H2,1H3. The quantitative estimate of drug-likeness (QED) is 0.592. The summed E-state index contributed by atoms with van der Waals surface area (Å²) in [6, 6.07) is 0. The molecule has 0 unspecified atom stereocenters. The molecule has 76 valence electrons. The summed E-state index contributed by atoms with van der Waals surface area (Å²) in [7, 11) is 0. The summed E-state index contributed by atoms with van der Waals surface area (Å²) in [6.07, 6.45) is 0.884. The van der Waals surface area contributed by atoms with Gasteiger partial charge in [0.25, 0.3) is 0 Å². The van der Waals surface area contributed by atoms with Crippen molar-refractivity contribution < 1.29 is 14.3 Å². The van der Waals surface area contributed by atoms with E-state index in [9.17, 15) is 4.79 Å². The molecular weight excluding hydrogens is 170 g/mol. The fraction of sp³-hybridized carbons (Fsp3) is 0.889.